The minimum Gasteiger partial charge on any atom is -0.296 e. The van der Waals surface area contributed by atoms with E-state index >= 15 is 0 Å². The van der Waals surface area contributed by atoms with Gasteiger partial charge in [0.05, 0.1) is 0 Å². The van der Waals surface area contributed by atoms with Crippen molar-refractivity contribution in [3.8, 4) is 0 Å². The van der Waals surface area contributed by atoms with Gasteiger partial charge < -0.3 is 0 Å². The largest absolute Gasteiger partial charge is 0.296 e. The van der Waals surface area contributed by atoms with Gasteiger partial charge in [-0.15, -0.1) is 0 Å². The van der Waals surface area contributed by atoms with Gasteiger partial charge in [0, 0.05) is 5.69 Å². The summed E-state index contributed by atoms with van der Waals surface area (Å²) in [5.74, 6) is 0.659. The van der Waals surface area contributed by atoms with Crippen molar-refractivity contribution in [2.75, 3.05) is 0 Å². The fraction of sp³-hybridized carbons (Fsp3) is 0.375. The lowest BCUT2D eigenvalue weighted by atomic mass is 10.3. The number of carbonyl (C=O) groups is 1. The Morgan fingerprint density at radius 1 is 1.55 bits per heavy atom. The summed E-state index contributed by atoms with van der Waals surface area (Å²) in [4.78, 5) is 18.4. The molecule has 3 nitrogen and oxygen atoms in total. The Bertz CT molecular complexity index is 271. The number of hydrogen-bond acceptors (Lipinski definition) is 3. The second-order valence-corrected chi connectivity index (χ2v) is 2.30. The molecule has 58 valence electrons. The Balaban J connectivity index is 3.11. The Labute approximate surface area is 65.5 Å². The lowest BCUT2D eigenvalue weighted by Crippen LogP contribution is -1.97. The molecule has 0 N–H and O–H groups in total. The number of aromatic nitrogens is 2. The van der Waals surface area contributed by atoms with Gasteiger partial charge in [-0.1, -0.05) is 6.92 Å². The van der Waals surface area contributed by atoms with Gasteiger partial charge in [0.2, 0.25) is 0 Å². The quantitative estimate of drug-likeness (QED) is 0.594. The Morgan fingerprint density at radius 2 is 2.27 bits per heavy atom. The maximum absolute atomic E-state index is 10.3. The van der Waals surface area contributed by atoms with Gasteiger partial charge in [-0.25, -0.2) is 9.97 Å². The van der Waals surface area contributed by atoms with E-state index in [4.69, 9.17) is 0 Å². The van der Waals surface area contributed by atoms with E-state index in [2.05, 4.69) is 9.97 Å². The number of aldehydes is 1. The summed E-state index contributed by atoms with van der Waals surface area (Å²) >= 11 is 0. The third-order valence-corrected chi connectivity index (χ3v) is 1.39. The summed E-state index contributed by atoms with van der Waals surface area (Å²) in [5, 5.41) is 0. The van der Waals surface area contributed by atoms with Crippen LogP contribution in [0.2, 0.25) is 0 Å². The SMILES string of the molecule is CCc1cc(C=O)nc(C)n1. The first-order chi connectivity index (χ1) is 5.26. The minimum atomic E-state index is 0.467. The zero-order valence-corrected chi connectivity index (χ0v) is 6.66. The highest BCUT2D eigenvalue weighted by atomic mass is 16.1. The van der Waals surface area contributed by atoms with Crippen molar-refractivity contribution >= 4 is 6.29 Å². The van der Waals surface area contributed by atoms with Crippen LogP contribution in [-0.2, 0) is 6.42 Å². The van der Waals surface area contributed by atoms with Crippen LogP contribution in [-0.4, -0.2) is 16.3 Å². The highest BCUT2D eigenvalue weighted by Crippen LogP contribution is 1.99. The standard InChI is InChI=1S/C8H10N2O/c1-3-7-4-8(5-11)10-6(2)9-7/h4-5H,3H2,1-2H3. The van der Waals surface area contributed by atoms with Gasteiger partial charge in [0.15, 0.2) is 6.29 Å². The lowest BCUT2D eigenvalue weighted by Gasteiger charge is -1.97. The Kier molecular flexibility index (Phi) is 2.31. The average molecular weight is 150 g/mol. The van der Waals surface area contributed by atoms with Crippen LogP contribution in [0.4, 0.5) is 0 Å². The summed E-state index contributed by atoms with van der Waals surface area (Å²) in [6.45, 7) is 3.78. The molecule has 0 fully saturated rings. The van der Waals surface area contributed by atoms with Crippen molar-refractivity contribution < 1.29 is 4.79 Å². The van der Waals surface area contributed by atoms with Crippen molar-refractivity contribution in [3.63, 3.8) is 0 Å². The fourth-order valence-electron chi connectivity index (χ4n) is 0.896. The molecule has 1 aromatic rings. The number of aryl methyl sites for hydroxylation is 2. The van der Waals surface area contributed by atoms with Crippen LogP contribution in [0.3, 0.4) is 0 Å². The average Bonchev–Trinajstić information content (AvgIpc) is 2.03. The molecular formula is C8H10N2O. The summed E-state index contributed by atoms with van der Waals surface area (Å²) in [5.41, 5.74) is 1.38. The second-order valence-electron chi connectivity index (χ2n) is 2.30. The molecule has 0 spiro atoms. The van der Waals surface area contributed by atoms with E-state index in [0.717, 1.165) is 18.4 Å². The molecule has 1 rings (SSSR count). The van der Waals surface area contributed by atoms with Crippen LogP contribution in [0, 0.1) is 6.92 Å². The zero-order valence-electron chi connectivity index (χ0n) is 6.66. The highest BCUT2D eigenvalue weighted by molar-refractivity contribution is 5.71. The van der Waals surface area contributed by atoms with E-state index < -0.39 is 0 Å². The highest BCUT2D eigenvalue weighted by Gasteiger charge is 1.97. The third kappa shape index (κ3) is 1.83. The maximum atomic E-state index is 10.3. The molecule has 0 amide bonds. The summed E-state index contributed by atoms with van der Waals surface area (Å²) in [7, 11) is 0. The molecule has 0 atom stereocenters. The van der Waals surface area contributed by atoms with Gasteiger partial charge in [0.1, 0.15) is 11.5 Å². The zero-order chi connectivity index (χ0) is 8.27. The molecule has 0 saturated carbocycles. The van der Waals surface area contributed by atoms with E-state index in [1.165, 1.54) is 0 Å². The number of nitrogens with zero attached hydrogens (tertiary/aromatic N) is 2. The first-order valence-electron chi connectivity index (χ1n) is 3.56. The molecule has 0 radical (unpaired) electrons. The molecule has 0 aliphatic rings. The summed E-state index contributed by atoms with van der Waals surface area (Å²) in [6.07, 6.45) is 1.58. The molecule has 0 bridgehead atoms. The van der Waals surface area contributed by atoms with Crippen LogP contribution in [0.1, 0.15) is 28.9 Å². The Hall–Kier alpha value is -1.25. The van der Waals surface area contributed by atoms with Crippen LogP contribution in [0.5, 0.6) is 0 Å². The van der Waals surface area contributed by atoms with Crippen molar-refractivity contribution in [3.05, 3.63) is 23.3 Å². The van der Waals surface area contributed by atoms with Gasteiger partial charge in [-0.3, -0.25) is 4.79 Å². The molecule has 1 aromatic heterocycles. The number of rotatable bonds is 2. The predicted molar refractivity (Wildman–Crippen MR) is 41.5 cm³/mol. The predicted octanol–water partition coefficient (Wildman–Crippen LogP) is 1.16. The first-order valence-corrected chi connectivity index (χ1v) is 3.56. The second kappa shape index (κ2) is 3.23. The molecule has 1 heterocycles. The lowest BCUT2D eigenvalue weighted by molar-refractivity contribution is 0.111. The van der Waals surface area contributed by atoms with Gasteiger partial charge in [0.25, 0.3) is 0 Å². The van der Waals surface area contributed by atoms with E-state index in [1.807, 2.05) is 6.92 Å². The molecule has 0 saturated heterocycles. The number of carbonyl (C=O) groups excluding carboxylic acids is 1. The smallest absolute Gasteiger partial charge is 0.168 e. The van der Waals surface area contributed by atoms with Crippen LogP contribution >= 0.6 is 0 Å². The topological polar surface area (TPSA) is 42.9 Å². The van der Waals surface area contributed by atoms with E-state index in [9.17, 15) is 4.79 Å². The van der Waals surface area contributed by atoms with Crippen LogP contribution < -0.4 is 0 Å². The summed E-state index contributed by atoms with van der Waals surface area (Å²) in [6, 6.07) is 1.71. The first kappa shape index (κ1) is 7.85. The minimum absolute atomic E-state index is 0.467. The number of hydrogen-bond donors (Lipinski definition) is 0. The molecule has 0 aliphatic heterocycles. The molecule has 3 heteroatoms. The fourth-order valence-corrected chi connectivity index (χ4v) is 0.896. The monoisotopic (exact) mass is 150 g/mol. The van der Waals surface area contributed by atoms with Crippen molar-refractivity contribution in [1.29, 1.82) is 0 Å². The van der Waals surface area contributed by atoms with Crippen LogP contribution in [0.25, 0.3) is 0 Å². The Morgan fingerprint density at radius 3 is 2.82 bits per heavy atom. The molecule has 0 aromatic carbocycles. The molecule has 0 aliphatic carbocycles. The van der Waals surface area contributed by atoms with E-state index in [0.29, 0.717) is 11.5 Å². The molecular weight excluding hydrogens is 140 g/mol. The van der Waals surface area contributed by atoms with Gasteiger partial charge in [-0.2, -0.15) is 0 Å². The summed E-state index contributed by atoms with van der Waals surface area (Å²) < 4.78 is 0. The normalized spacial score (nSPS) is 9.64. The van der Waals surface area contributed by atoms with Gasteiger partial charge in [-0.05, 0) is 19.4 Å². The van der Waals surface area contributed by atoms with E-state index in [-0.39, 0.29) is 0 Å². The maximum Gasteiger partial charge on any atom is 0.168 e. The van der Waals surface area contributed by atoms with Crippen LogP contribution in [0.15, 0.2) is 6.07 Å². The molecule has 0 unspecified atom stereocenters. The third-order valence-electron chi connectivity index (χ3n) is 1.39. The molecule has 11 heavy (non-hydrogen) atoms. The van der Waals surface area contributed by atoms with E-state index in [1.54, 1.807) is 13.0 Å². The van der Waals surface area contributed by atoms with Gasteiger partial charge >= 0.3 is 0 Å². The van der Waals surface area contributed by atoms with Crippen molar-refractivity contribution in [1.82, 2.24) is 9.97 Å². The van der Waals surface area contributed by atoms with Crippen molar-refractivity contribution in [2.24, 2.45) is 0 Å². The van der Waals surface area contributed by atoms with Crippen molar-refractivity contribution in [2.45, 2.75) is 20.3 Å².